The van der Waals surface area contributed by atoms with Gasteiger partial charge in [-0.2, -0.15) is 0 Å². The second-order valence-corrected chi connectivity index (χ2v) is 4.75. The molecule has 0 spiro atoms. The molecule has 1 fully saturated rings. The van der Waals surface area contributed by atoms with Gasteiger partial charge in [0.1, 0.15) is 11.5 Å². The lowest BCUT2D eigenvalue weighted by Gasteiger charge is -2.24. The van der Waals surface area contributed by atoms with Gasteiger partial charge in [0.25, 0.3) is 0 Å². The Hall–Kier alpha value is 0.270. The van der Waals surface area contributed by atoms with Crippen molar-refractivity contribution >= 4 is 11.2 Å². The summed E-state index contributed by atoms with van der Waals surface area (Å²) in [5.74, 6) is 2.53. The first kappa shape index (κ1) is 9.36. The number of nitrogens with one attached hydrogen (secondary N) is 1. The van der Waals surface area contributed by atoms with Gasteiger partial charge in [0.05, 0.1) is 0 Å². The standard InChI is InChI=1S/C8H17NOS/c1-2-9-6-8-4-3-5-11(10)7-8/h8-9H,2-7H2,1H3. The maximum atomic E-state index is 11.1. The minimum absolute atomic E-state index is 0.514. The molecule has 1 aliphatic rings. The summed E-state index contributed by atoms with van der Waals surface area (Å²) < 4.78 is 11.1. The lowest BCUT2D eigenvalue weighted by atomic mass is 10.1. The Balaban J connectivity index is 2.12. The lowest BCUT2D eigenvalue weighted by Crippen LogP contribution is -2.32. The minimum atomic E-state index is -0.514. The Kier molecular flexibility index (Phi) is 4.26. The van der Waals surface area contributed by atoms with E-state index >= 15 is 0 Å². The molecule has 1 heterocycles. The molecule has 2 unspecified atom stereocenters. The molecule has 2 nitrogen and oxygen atoms in total. The van der Waals surface area contributed by atoms with E-state index in [9.17, 15) is 4.55 Å². The van der Waals surface area contributed by atoms with Crippen molar-refractivity contribution in [2.75, 3.05) is 24.6 Å². The molecule has 66 valence electrons. The van der Waals surface area contributed by atoms with Gasteiger partial charge in [-0.05, 0) is 19.4 Å². The normalized spacial score (nSPS) is 32.2. The highest BCUT2D eigenvalue weighted by atomic mass is 32.2. The summed E-state index contributed by atoms with van der Waals surface area (Å²) in [7, 11) is 0. The van der Waals surface area contributed by atoms with Gasteiger partial charge in [-0.3, -0.25) is 0 Å². The van der Waals surface area contributed by atoms with E-state index in [1.165, 1.54) is 6.42 Å². The zero-order valence-electron chi connectivity index (χ0n) is 7.14. The average Bonchev–Trinajstić information content (AvgIpc) is 2.01. The van der Waals surface area contributed by atoms with E-state index in [-0.39, 0.29) is 0 Å². The maximum Gasteiger partial charge on any atom is 0.109 e. The molecule has 1 aliphatic heterocycles. The quantitative estimate of drug-likeness (QED) is 0.643. The van der Waals surface area contributed by atoms with Crippen molar-refractivity contribution in [2.45, 2.75) is 19.8 Å². The molecule has 3 heteroatoms. The first-order chi connectivity index (χ1) is 5.33. The van der Waals surface area contributed by atoms with Gasteiger partial charge >= 0.3 is 0 Å². The van der Waals surface area contributed by atoms with Gasteiger partial charge in [0.15, 0.2) is 0 Å². The molecule has 1 N–H and O–H groups in total. The highest BCUT2D eigenvalue weighted by molar-refractivity contribution is 7.91. The van der Waals surface area contributed by atoms with Crippen molar-refractivity contribution in [2.24, 2.45) is 5.92 Å². The fraction of sp³-hybridized carbons (Fsp3) is 1.00. The van der Waals surface area contributed by atoms with Crippen molar-refractivity contribution in [1.29, 1.82) is 0 Å². The van der Waals surface area contributed by atoms with Crippen LogP contribution in [0.3, 0.4) is 0 Å². The third kappa shape index (κ3) is 3.45. The Labute approximate surface area is 71.9 Å². The molecule has 0 bridgehead atoms. The van der Waals surface area contributed by atoms with Crippen LogP contribution >= 0.6 is 0 Å². The van der Waals surface area contributed by atoms with Crippen molar-refractivity contribution in [3.05, 3.63) is 0 Å². The summed E-state index contributed by atoms with van der Waals surface area (Å²) >= 11 is -0.514. The van der Waals surface area contributed by atoms with Crippen molar-refractivity contribution in [3.63, 3.8) is 0 Å². The molecule has 0 aromatic carbocycles. The fourth-order valence-corrected chi connectivity index (χ4v) is 2.94. The van der Waals surface area contributed by atoms with E-state index in [2.05, 4.69) is 12.2 Å². The van der Waals surface area contributed by atoms with Crippen molar-refractivity contribution in [3.8, 4) is 0 Å². The van der Waals surface area contributed by atoms with Gasteiger partial charge in [-0.1, -0.05) is 18.1 Å². The highest BCUT2D eigenvalue weighted by Gasteiger charge is 2.21. The van der Waals surface area contributed by atoms with Gasteiger partial charge in [0.2, 0.25) is 0 Å². The van der Waals surface area contributed by atoms with Crippen molar-refractivity contribution < 1.29 is 4.55 Å². The summed E-state index contributed by atoms with van der Waals surface area (Å²) in [4.78, 5) is 0. The zero-order valence-corrected chi connectivity index (χ0v) is 7.95. The van der Waals surface area contributed by atoms with E-state index in [0.29, 0.717) is 5.92 Å². The van der Waals surface area contributed by atoms with Gasteiger partial charge in [-0.15, -0.1) is 0 Å². The van der Waals surface area contributed by atoms with Gasteiger partial charge < -0.3 is 9.87 Å². The lowest BCUT2D eigenvalue weighted by molar-refractivity contribution is 0.458. The van der Waals surface area contributed by atoms with Crippen LogP contribution in [-0.2, 0) is 11.2 Å². The molecule has 2 atom stereocenters. The fourth-order valence-electron chi connectivity index (χ4n) is 1.47. The average molecular weight is 175 g/mol. The number of rotatable bonds is 3. The number of hydrogen-bond donors (Lipinski definition) is 1. The molecule has 0 saturated carbocycles. The smallest absolute Gasteiger partial charge is 0.109 e. The second-order valence-electron chi connectivity index (χ2n) is 3.13. The second kappa shape index (κ2) is 5.01. The van der Waals surface area contributed by atoms with Crippen LogP contribution in [0.4, 0.5) is 0 Å². The molecule has 11 heavy (non-hydrogen) atoms. The van der Waals surface area contributed by atoms with Crippen LogP contribution in [0.15, 0.2) is 0 Å². The van der Waals surface area contributed by atoms with Gasteiger partial charge in [0, 0.05) is 12.5 Å². The van der Waals surface area contributed by atoms with Crippen LogP contribution in [0.2, 0.25) is 0 Å². The molecule has 0 aromatic rings. The predicted octanol–water partition coefficient (Wildman–Crippen LogP) is 0.755. The Bertz CT molecular complexity index is 110. The molecule has 0 amide bonds. The Morgan fingerprint density at radius 2 is 2.45 bits per heavy atom. The van der Waals surface area contributed by atoms with E-state index in [1.807, 2.05) is 0 Å². The van der Waals surface area contributed by atoms with Gasteiger partial charge in [-0.25, -0.2) is 0 Å². The summed E-state index contributed by atoms with van der Waals surface area (Å²) in [6.45, 7) is 4.20. The van der Waals surface area contributed by atoms with Crippen LogP contribution in [-0.4, -0.2) is 29.1 Å². The molecular weight excluding hydrogens is 158 g/mol. The SMILES string of the molecule is CCNCC1CCC[S+]([O-])C1. The van der Waals surface area contributed by atoms with E-state index < -0.39 is 11.2 Å². The summed E-state index contributed by atoms with van der Waals surface area (Å²) in [6.07, 6.45) is 2.42. The Morgan fingerprint density at radius 3 is 3.09 bits per heavy atom. The van der Waals surface area contributed by atoms with Crippen LogP contribution in [0, 0.1) is 5.92 Å². The third-order valence-electron chi connectivity index (χ3n) is 2.09. The summed E-state index contributed by atoms with van der Waals surface area (Å²) in [5, 5.41) is 3.30. The first-order valence-electron chi connectivity index (χ1n) is 4.38. The molecular formula is C8H17NOS. The maximum absolute atomic E-state index is 11.1. The minimum Gasteiger partial charge on any atom is -0.616 e. The molecule has 0 aromatic heterocycles. The van der Waals surface area contributed by atoms with Crippen molar-refractivity contribution in [1.82, 2.24) is 5.32 Å². The highest BCUT2D eigenvalue weighted by Crippen LogP contribution is 2.17. The van der Waals surface area contributed by atoms with E-state index in [1.54, 1.807) is 0 Å². The van der Waals surface area contributed by atoms with Crippen LogP contribution in [0.25, 0.3) is 0 Å². The van der Waals surface area contributed by atoms with E-state index in [0.717, 1.165) is 31.0 Å². The topological polar surface area (TPSA) is 35.1 Å². The Morgan fingerprint density at radius 1 is 1.64 bits per heavy atom. The number of hydrogen-bond acceptors (Lipinski definition) is 2. The largest absolute Gasteiger partial charge is 0.616 e. The zero-order chi connectivity index (χ0) is 8.10. The monoisotopic (exact) mass is 175 g/mol. The molecule has 1 saturated heterocycles. The molecule has 1 rings (SSSR count). The van der Waals surface area contributed by atoms with Crippen LogP contribution in [0.5, 0.6) is 0 Å². The summed E-state index contributed by atoms with van der Waals surface area (Å²) in [6, 6.07) is 0. The summed E-state index contributed by atoms with van der Waals surface area (Å²) in [5.41, 5.74) is 0. The first-order valence-corrected chi connectivity index (χ1v) is 5.87. The van der Waals surface area contributed by atoms with Crippen LogP contribution in [0.1, 0.15) is 19.8 Å². The molecule has 0 aliphatic carbocycles. The molecule has 0 radical (unpaired) electrons. The van der Waals surface area contributed by atoms with Crippen LogP contribution < -0.4 is 5.32 Å². The predicted molar refractivity (Wildman–Crippen MR) is 49.1 cm³/mol. The third-order valence-corrected chi connectivity index (χ3v) is 3.68. The van der Waals surface area contributed by atoms with E-state index in [4.69, 9.17) is 0 Å².